The Kier molecular flexibility index (Phi) is 6.71. The molecule has 8 aromatic carbocycles. The Morgan fingerprint density at radius 1 is 0.294 bits per heavy atom. The summed E-state index contributed by atoms with van der Waals surface area (Å²) in [5, 5.41) is 4.51. The van der Waals surface area contributed by atoms with Gasteiger partial charge in [-0.05, 0) is 54.9 Å². The van der Waals surface area contributed by atoms with Gasteiger partial charge in [-0.15, -0.1) is 0 Å². The average Bonchev–Trinajstić information content (AvgIpc) is 3.52. The number of fused-ring (bicyclic) bond motifs is 5. The molecule has 0 spiro atoms. The van der Waals surface area contributed by atoms with Crippen molar-refractivity contribution in [3.63, 3.8) is 0 Å². The third-order valence-corrected chi connectivity index (χ3v) is 10.4. The molecule has 1 aromatic heterocycles. The number of rotatable bonds is 5. The molecule has 0 bridgehead atoms. The van der Waals surface area contributed by atoms with Gasteiger partial charge in [0.05, 0.1) is 5.41 Å². The molecule has 3 heteroatoms. The predicted octanol–water partition coefficient (Wildman–Crippen LogP) is 11.5. The van der Waals surface area contributed by atoms with Crippen LogP contribution in [0.25, 0.3) is 66.8 Å². The topological polar surface area (TPSA) is 38.7 Å². The zero-order valence-corrected chi connectivity index (χ0v) is 27.7. The normalized spacial score (nSPS) is 12.9. The lowest BCUT2D eigenvalue weighted by Crippen LogP contribution is -2.28. The molecule has 10 rings (SSSR count). The Labute approximate surface area is 296 Å². The first-order valence-electron chi connectivity index (χ1n) is 17.4. The molecule has 0 amide bonds. The number of hydrogen-bond acceptors (Lipinski definition) is 3. The van der Waals surface area contributed by atoms with Crippen molar-refractivity contribution in [3.8, 4) is 45.3 Å². The third-order valence-electron chi connectivity index (χ3n) is 10.4. The maximum absolute atomic E-state index is 5.35. The van der Waals surface area contributed by atoms with E-state index in [0.717, 1.165) is 43.8 Å². The highest BCUT2D eigenvalue weighted by molar-refractivity contribution is 5.99. The van der Waals surface area contributed by atoms with E-state index in [1.54, 1.807) is 0 Å². The molecule has 0 fully saturated rings. The molecule has 0 unspecified atom stereocenters. The minimum absolute atomic E-state index is 0.519. The number of nitrogens with zero attached hydrogens (tertiary/aromatic N) is 3. The Balaban J connectivity index is 1.30. The van der Waals surface area contributed by atoms with Crippen molar-refractivity contribution in [3.05, 3.63) is 210 Å². The van der Waals surface area contributed by atoms with E-state index in [1.165, 1.54) is 27.8 Å². The van der Waals surface area contributed by atoms with Crippen LogP contribution in [0.2, 0.25) is 0 Å². The zero-order valence-electron chi connectivity index (χ0n) is 27.7. The SMILES string of the molecule is c1ccc(C2(c3ccccc3)c3ccccc3-c3c(-c4nc(-c5cccc6ccccc56)nc(-c5cccc6ccccc56)n4)cccc32)cc1. The minimum atomic E-state index is -0.519. The average molecular weight is 650 g/mol. The maximum atomic E-state index is 5.35. The van der Waals surface area contributed by atoms with Gasteiger partial charge in [0.1, 0.15) is 0 Å². The van der Waals surface area contributed by atoms with E-state index in [2.05, 4.69) is 188 Å². The third kappa shape index (κ3) is 4.48. The van der Waals surface area contributed by atoms with Crippen LogP contribution in [-0.4, -0.2) is 15.0 Å². The van der Waals surface area contributed by atoms with Crippen molar-refractivity contribution in [2.24, 2.45) is 0 Å². The number of hydrogen-bond donors (Lipinski definition) is 0. The van der Waals surface area contributed by atoms with Gasteiger partial charge in [-0.2, -0.15) is 0 Å². The summed E-state index contributed by atoms with van der Waals surface area (Å²) in [6, 6.07) is 66.8. The van der Waals surface area contributed by atoms with E-state index in [-0.39, 0.29) is 0 Å². The van der Waals surface area contributed by atoms with E-state index in [1.807, 2.05) is 0 Å². The first-order valence-corrected chi connectivity index (χ1v) is 17.4. The summed E-state index contributed by atoms with van der Waals surface area (Å²) in [6.45, 7) is 0. The fourth-order valence-corrected chi connectivity index (χ4v) is 8.26. The molecule has 51 heavy (non-hydrogen) atoms. The molecule has 0 atom stereocenters. The monoisotopic (exact) mass is 649 g/mol. The van der Waals surface area contributed by atoms with Crippen LogP contribution >= 0.6 is 0 Å². The fourth-order valence-electron chi connectivity index (χ4n) is 8.26. The second-order valence-electron chi connectivity index (χ2n) is 13.1. The van der Waals surface area contributed by atoms with Gasteiger partial charge < -0.3 is 0 Å². The highest BCUT2D eigenvalue weighted by Gasteiger charge is 2.47. The molecule has 0 saturated heterocycles. The smallest absolute Gasteiger partial charge is 0.164 e. The summed E-state index contributed by atoms with van der Waals surface area (Å²) in [5.74, 6) is 1.96. The van der Waals surface area contributed by atoms with E-state index >= 15 is 0 Å². The Morgan fingerprint density at radius 2 is 0.686 bits per heavy atom. The Bertz CT molecular complexity index is 2600. The molecular formula is C48H31N3. The first-order chi connectivity index (χ1) is 25.3. The molecule has 238 valence electrons. The van der Waals surface area contributed by atoms with Crippen molar-refractivity contribution in [1.29, 1.82) is 0 Å². The molecule has 0 aliphatic heterocycles. The van der Waals surface area contributed by atoms with Crippen molar-refractivity contribution in [2.75, 3.05) is 0 Å². The fraction of sp³-hybridized carbons (Fsp3) is 0.0208. The summed E-state index contributed by atoms with van der Waals surface area (Å²) >= 11 is 0. The highest BCUT2D eigenvalue weighted by Crippen LogP contribution is 2.58. The van der Waals surface area contributed by atoms with Gasteiger partial charge in [0.2, 0.25) is 0 Å². The van der Waals surface area contributed by atoms with E-state index in [4.69, 9.17) is 15.0 Å². The second kappa shape index (κ2) is 11.7. The molecule has 9 aromatic rings. The van der Waals surface area contributed by atoms with Crippen molar-refractivity contribution in [1.82, 2.24) is 15.0 Å². The van der Waals surface area contributed by atoms with Gasteiger partial charge in [-0.1, -0.05) is 188 Å². The zero-order chi connectivity index (χ0) is 33.8. The largest absolute Gasteiger partial charge is 0.208 e. The highest BCUT2D eigenvalue weighted by atomic mass is 15.0. The standard InChI is InChI=1S/C48H31N3/c1-3-20-34(21-4-1)48(35-22-5-2-6-23-35)42-30-12-11-26-40(42)44-41(29-15-31-43(44)48)47-50-45(38-27-13-18-32-16-7-9-24-36(32)38)49-46(51-47)39-28-14-19-33-17-8-10-25-37(33)39/h1-31H. The first kappa shape index (κ1) is 29.2. The molecule has 1 aliphatic rings. The van der Waals surface area contributed by atoms with Crippen LogP contribution in [0.4, 0.5) is 0 Å². The van der Waals surface area contributed by atoms with Crippen molar-refractivity contribution in [2.45, 2.75) is 5.41 Å². The molecule has 0 saturated carbocycles. The molecule has 0 N–H and O–H groups in total. The van der Waals surface area contributed by atoms with Gasteiger partial charge in [-0.3, -0.25) is 0 Å². The van der Waals surface area contributed by atoms with Crippen LogP contribution in [0.15, 0.2) is 188 Å². The van der Waals surface area contributed by atoms with Gasteiger partial charge in [0.15, 0.2) is 17.5 Å². The molecule has 1 heterocycles. The van der Waals surface area contributed by atoms with Crippen LogP contribution in [0.1, 0.15) is 22.3 Å². The van der Waals surface area contributed by atoms with Gasteiger partial charge in [0, 0.05) is 16.7 Å². The lowest BCUT2D eigenvalue weighted by atomic mass is 9.67. The van der Waals surface area contributed by atoms with Gasteiger partial charge in [-0.25, -0.2) is 15.0 Å². The lowest BCUT2D eigenvalue weighted by molar-refractivity contribution is 0.768. The number of benzene rings is 8. The molecular weight excluding hydrogens is 619 g/mol. The molecule has 0 radical (unpaired) electrons. The summed E-state index contributed by atoms with van der Waals surface area (Å²) < 4.78 is 0. The summed E-state index contributed by atoms with van der Waals surface area (Å²) in [4.78, 5) is 15.9. The van der Waals surface area contributed by atoms with Gasteiger partial charge in [0.25, 0.3) is 0 Å². The quantitative estimate of drug-likeness (QED) is 0.186. The summed E-state index contributed by atoms with van der Waals surface area (Å²) in [6.07, 6.45) is 0. The molecule has 1 aliphatic carbocycles. The summed E-state index contributed by atoms with van der Waals surface area (Å²) in [5.41, 5.74) is 9.69. The number of aromatic nitrogens is 3. The van der Waals surface area contributed by atoms with E-state index in [0.29, 0.717) is 17.5 Å². The van der Waals surface area contributed by atoms with E-state index in [9.17, 15) is 0 Å². The van der Waals surface area contributed by atoms with Crippen LogP contribution in [0.5, 0.6) is 0 Å². The minimum Gasteiger partial charge on any atom is -0.208 e. The Hall–Kier alpha value is -6.71. The molecule has 3 nitrogen and oxygen atoms in total. The van der Waals surface area contributed by atoms with E-state index < -0.39 is 5.41 Å². The predicted molar refractivity (Wildman–Crippen MR) is 208 cm³/mol. The van der Waals surface area contributed by atoms with Crippen LogP contribution in [-0.2, 0) is 5.41 Å². The van der Waals surface area contributed by atoms with Gasteiger partial charge >= 0.3 is 0 Å². The van der Waals surface area contributed by atoms with Crippen LogP contribution < -0.4 is 0 Å². The van der Waals surface area contributed by atoms with Crippen LogP contribution in [0.3, 0.4) is 0 Å². The summed E-state index contributed by atoms with van der Waals surface area (Å²) in [7, 11) is 0. The lowest BCUT2D eigenvalue weighted by Gasteiger charge is -2.33. The van der Waals surface area contributed by atoms with Crippen molar-refractivity contribution >= 4 is 21.5 Å². The Morgan fingerprint density at radius 3 is 1.27 bits per heavy atom. The maximum Gasteiger partial charge on any atom is 0.164 e. The second-order valence-corrected chi connectivity index (χ2v) is 13.1. The van der Waals surface area contributed by atoms with Crippen LogP contribution in [0, 0.1) is 0 Å². The van der Waals surface area contributed by atoms with Crippen molar-refractivity contribution < 1.29 is 0 Å².